The number of halogens is 1. The van der Waals surface area contributed by atoms with Gasteiger partial charge in [0.15, 0.2) is 11.5 Å². The van der Waals surface area contributed by atoms with Crippen LogP contribution in [-0.2, 0) is 32.1 Å². The maximum Gasteiger partial charge on any atom is 0.254 e. The van der Waals surface area contributed by atoms with Crippen LogP contribution in [0.1, 0.15) is 42.3 Å². The molecule has 4 amide bonds. The van der Waals surface area contributed by atoms with E-state index in [4.69, 9.17) is 30.6 Å². The highest BCUT2D eigenvalue weighted by Crippen LogP contribution is 2.37. The molecule has 2 aliphatic heterocycles. The molecule has 4 atom stereocenters. The average Bonchev–Trinajstić information content (AvgIpc) is 3.79. The van der Waals surface area contributed by atoms with E-state index < -0.39 is 5.92 Å². The molecule has 3 heterocycles. The molecule has 3 N–H and O–H groups in total. The molecule has 54 heavy (non-hydrogen) atoms. The van der Waals surface area contributed by atoms with Gasteiger partial charge in [0.25, 0.3) is 5.91 Å². The van der Waals surface area contributed by atoms with Crippen molar-refractivity contribution >= 4 is 46.6 Å². The molecular formula is C41H50ClN5O7. The zero-order chi connectivity index (χ0) is 38.8. The standard InChI is InChI=1S/C39H45ClN4O6.C2H5NO/c1-24(2)50-35-13-10-27(14-36(35)48-4)39(47)44-20-29-19-43(37(45)15-28-18-41-34-16-30(40)11-12-31(28)34)22-33(32(29)21-44)38(46)42-17-25(3)49-23-26-8-6-5-7-9-26;1-3-2-4/h5-14,16,18,24-25,29,32-33,41H,15,17,19-23H2,1-4H3,(H,42,46);2H,1H3,(H,3,4)/t25-,29?,32?,33?;/m1./s1. The number of amides is 4. The number of benzene rings is 3. The number of nitrogens with one attached hydrogen (secondary N) is 3. The summed E-state index contributed by atoms with van der Waals surface area (Å²) in [5.41, 5.74) is 3.28. The molecule has 12 nitrogen and oxygen atoms in total. The number of H-pyrrole nitrogens is 1. The Labute approximate surface area is 321 Å². The monoisotopic (exact) mass is 759 g/mol. The SMILES string of the molecule is CNC=O.COc1cc(C(=O)N2CC3CN(C(=O)Cc4c[nH]c5cc(Cl)ccc45)CC(C(=O)NC[C@@H](C)OCc4ccccc4)C3C2)ccc1OC(C)C. The van der Waals surface area contributed by atoms with Crippen LogP contribution in [0.2, 0.25) is 5.02 Å². The predicted molar refractivity (Wildman–Crippen MR) is 208 cm³/mol. The molecule has 3 unspecified atom stereocenters. The van der Waals surface area contributed by atoms with Crippen molar-refractivity contribution in [3.63, 3.8) is 0 Å². The number of aromatic nitrogens is 1. The van der Waals surface area contributed by atoms with Gasteiger partial charge in [-0.25, -0.2) is 0 Å². The van der Waals surface area contributed by atoms with Crippen molar-refractivity contribution in [1.82, 2.24) is 25.4 Å². The molecule has 3 aromatic carbocycles. The molecule has 0 spiro atoms. The van der Waals surface area contributed by atoms with Gasteiger partial charge in [-0.05, 0) is 74.1 Å². The fourth-order valence-corrected chi connectivity index (χ4v) is 7.26. The lowest BCUT2D eigenvalue weighted by Crippen LogP contribution is -2.54. The predicted octanol–water partition coefficient (Wildman–Crippen LogP) is 5.09. The Bertz CT molecular complexity index is 1900. The van der Waals surface area contributed by atoms with Gasteiger partial charge in [0.1, 0.15) is 0 Å². The Balaban J connectivity index is 0.00000133. The minimum absolute atomic E-state index is 0.0474. The molecule has 4 aromatic rings. The van der Waals surface area contributed by atoms with E-state index in [1.807, 2.05) is 75.5 Å². The van der Waals surface area contributed by atoms with Crippen LogP contribution in [-0.4, -0.2) is 98.0 Å². The van der Waals surface area contributed by atoms with Crippen LogP contribution in [0.25, 0.3) is 10.9 Å². The van der Waals surface area contributed by atoms with E-state index >= 15 is 0 Å². The number of methoxy groups -OCH3 is 1. The van der Waals surface area contributed by atoms with E-state index in [1.165, 1.54) is 0 Å². The van der Waals surface area contributed by atoms with Crippen molar-refractivity contribution in [2.75, 3.05) is 46.9 Å². The number of hydrogen-bond donors (Lipinski definition) is 3. The fourth-order valence-electron chi connectivity index (χ4n) is 7.08. The van der Waals surface area contributed by atoms with Crippen LogP contribution < -0.4 is 20.1 Å². The van der Waals surface area contributed by atoms with Crippen molar-refractivity contribution in [2.45, 2.75) is 46.0 Å². The molecular weight excluding hydrogens is 710 g/mol. The number of aromatic amines is 1. The summed E-state index contributed by atoms with van der Waals surface area (Å²) >= 11 is 6.18. The lowest BCUT2D eigenvalue weighted by atomic mass is 9.79. The Morgan fingerprint density at radius 3 is 2.41 bits per heavy atom. The lowest BCUT2D eigenvalue weighted by molar-refractivity contribution is -0.138. The van der Waals surface area contributed by atoms with Gasteiger partial charge in [0.05, 0.1) is 38.3 Å². The van der Waals surface area contributed by atoms with Crippen LogP contribution in [0.15, 0.2) is 72.9 Å². The van der Waals surface area contributed by atoms with E-state index in [0.717, 1.165) is 22.0 Å². The number of carbonyl (C=O) groups is 4. The highest BCUT2D eigenvalue weighted by molar-refractivity contribution is 6.31. The molecule has 6 rings (SSSR count). The topological polar surface area (TPSA) is 142 Å². The smallest absolute Gasteiger partial charge is 0.254 e. The number of piperidine rings is 1. The van der Waals surface area contributed by atoms with Crippen molar-refractivity contribution in [3.8, 4) is 11.5 Å². The second-order valence-electron chi connectivity index (χ2n) is 14.0. The summed E-state index contributed by atoms with van der Waals surface area (Å²) in [5, 5.41) is 6.90. The van der Waals surface area contributed by atoms with Crippen LogP contribution in [0, 0.1) is 17.8 Å². The van der Waals surface area contributed by atoms with Gasteiger partial charge in [-0.15, -0.1) is 0 Å². The second kappa shape index (κ2) is 18.8. The summed E-state index contributed by atoms with van der Waals surface area (Å²) in [4.78, 5) is 57.5. The van der Waals surface area contributed by atoms with Crippen molar-refractivity contribution in [2.24, 2.45) is 17.8 Å². The number of fused-ring (bicyclic) bond motifs is 2. The van der Waals surface area contributed by atoms with Gasteiger partial charge < -0.3 is 39.6 Å². The van der Waals surface area contributed by atoms with E-state index in [0.29, 0.717) is 61.3 Å². The van der Waals surface area contributed by atoms with Gasteiger partial charge in [0, 0.05) is 67.5 Å². The summed E-state index contributed by atoms with van der Waals surface area (Å²) < 4.78 is 17.4. The van der Waals surface area contributed by atoms with Crippen molar-refractivity contribution in [3.05, 3.63) is 94.6 Å². The van der Waals surface area contributed by atoms with Crippen molar-refractivity contribution < 1.29 is 33.4 Å². The van der Waals surface area contributed by atoms with Gasteiger partial charge >= 0.3 is 0 Å². The summed E-state index contributed by atoms with van der Waals surface area (Å²) in [6, 6.07) is 20.7. The highest BCUT2D eigenvalue weighted by atomic mass is 35.5. The van der Waals surface area contributed by atoms with Crippen LogP contribution >= 0.6 is 11.6 Å². The Kier molecular flexibility index (Phi) is 14.0. The third-order valence-electron chi connectivity index (χ3n) is 9.76. The fraction of sp³-hybridized carbons (Fsp3) is 0.415. The molecule has 2 aliphatic rings. The molecule has 1 aromatic heterocycles. The Hall–Kier alpha value is -5.07. The summed E-state index contributed by atoms with van der Waals surface area (Å²) in [6.45, 7) is 8.16. The van der Waals surface area contributed by atoms with Gasteiger partial charge in [-0.1, -0.05) is 48.0 Å². The first-order valence-electron chi connectivity index (χ1n) is 18.2. The van der Waals surface area contributed by atoms with Crippen molar-refractivity contribution in [1.29, 1.82) is 0 Å². The largest absolute Gasteiger partial charge is 0.493 e. The number of rotatable bonds is 13. The van der Waals surface area contributed by atoms with Gasteiger partial charge in [0.2, 0.25) is 18.2 Å². The third-order valence-corrected chi connectivity index (χ3v) is 10.00. The summed E-state index contributed by atoms with van der Waals surface area (Å²) in [6.07, 6.45) is 2.39. The molecule has 0 saturated carbocycles. The van der Waals surface area contributed by atoms with Crippen LogP contribution in [0.4, 0.5) is 0 Å². The van der Waals surface area contributed by atoms with Crippen LogP contribution in [0.3, 0.4) is 0 Å². The molecule has 2 saturated heterocycles. The third kappa shape index (κ3) is 10.1. The van der Waals surface area contributed by atoms with E-state index in [-0.39, 0.29) is 54.7 Å². The van der Waals surface area contributed by atoms with Gasteiger partial charge in [-0.2, -0.15) is 0 Å². The second-order valence-corrected chi connectivity index (χ2v) is 14.4. The minimum Gasteiger partial charge on any atom is -0.493 e. The highest BCUT2D eigenvalue weighted by Gasteiger charge is 2.48. The Morgan fingerprint density at radius 1 is 0.963 bits per heavy atom. The van der Waals surface area contributed by atoms with E-state index in [1.54, 1.807) is 42.2 Å². The summed E-state index contributed by atoms with van der Waals surface area (Å²) in [5.74, 6) is 0.0443. The minimum atomic E-state index is -0.491. The molecule has 288 valence electrons. The maximum atomic E-state index is 13.9. The molecule has 13 heteroatoms. The number of likely N-dealkylation sites (tertiary alicyclic amines) is 2. The molecule has 0 bridgehead atoms. The normalized spacial score (nSPS) is 18.3. The molecule has 0 aliphatic carbocycles. The average molecular weight is 760 g/mol. The first kappa shape index (κ1) is 40.1. The number of carbonyl (C=O) groups excluding carboxylic acids is 4. The first-order valence-corrected chi connectivity index (χ1v) is 18.6. The van der Waals surface area contributed by atoms with E-state index in [2.05, 4.69) is 15.6 Å². The molecule has 2 fully saturated rings. The lowest BCUT2D eigenvalue weighted by Gasteiger charge is -2.39. The number of hydrogen-bond acceptors (Lipinski definition) is 7. The summed E-state index contributed by atoms with van der Waals surface area (Å²) in [7, 11) is 3.11. The van der Waals surface area contributed by atoms with Gasteiger partial charge in [-0.3, -0.25) is 19.2 Å². The Morgan fingerprint density at radius 2 is 1.70 bits per heavy atom. The number of ether oxygens (including phenoxy) is 3. The first-order chi connectivity index (χ1) is 26.0. The zero-order valence-corrected chi connectivity index (χ0v) is 32.2. The molecule has 0 radical (unpaired) electrons. The quantitative estimate of drug-likeness (QED) is 0.161. The van der Waals surface area contributed by atoms with E-state index in [9.17, 15) is 14.4 Å². The van der Waals surface area contributed by atoms with Crippen LogP contribution in [0.5, 0.6) is 11.5 Å². The maximum absolute atomic E-state index is 13.9. The zero-order valence-electron chi connectivity index (χ0n) is 31.5. The number of nitrogens with zero attached hydrogens (tertiary/aromatic N) is 2.